The highest BCUT2D eigenvalue weighted by Crippen LogP contribution is 2.32. The number of fused-ring (bicyclic) bond motifs is 2. The molecule has 2 aliphatic rings. The van der Waals surface area contributed by atoms with Gasteiger partial charge in [0.25, 0.3) is 0 Å². The molecule has 2 nitrogen and oxygen atoms in total. The molecule has 3 heteroatoms. The van der Waals surface area contributed by atoms with Crippen molar-refractivity contribution >= 4 is 5.78 Å². The number of carbonyl (C=O) groups excluding carboxylic acids is 1. The molecule has 2 bridgehead atoms. The fraction of sp³-hybridized carbons (Fsp3) is 0.889. The molecule has 0 aromatic carbocycles. The smallest absolute Gasteiger partial charge is 0.173 e. The van der Waals surface area contributed by atoms with Gasteiger partial charge in [0.1, 0.15) is 0 Å². The van der Waals surface area contributed by atoms with Gasteiger partial charge < -0.3 is 0 Å². The average molecular weight is 171 g/mol. The molecule has 2 saturated heterocycles. The summed E-state index contributed by atoms with van der Waals surface area (Å²) in [6.07, 6.45) is 2.19. The molecule has 12 heavy (non-hydrogen) atoms. The third kappa shape index (κ3) is 1.07. The Kier molecular flexibility index (Phi) is 1.91. The number of carbonyl (C=O) groups is 1. The Hall–Kier alpha value is -0.440. The summed E-state index contributed by atoms with van der Waals surface area (Å²) in [4.78, 5) is 13.2. The van der Waals surface area contributed by atoms with Gasteiger partial charge >= 0.3 is 0 Å². The molecule has 2 heterocycles. The lowest BCUT2D eigenvalue weighted by Crippen LogP contribution is -2.56. The van der Waals surface area contributed by atoms with Gasteiger partial charge in [0, 0.05) is 18.5 Å². The van der Waals surface area contributed by atoms with Crippen molar-refractivity contribution in [2.75, 3.05) is 7.05 Å². The molecule has 3 atom stereocenters. The largest absolute Gasteiger partial charge is 0.297 e. The Bertz CT molecular complexity index is 207. The molecule has 0 amide bonds. The quantitative estimate of drug-likeness (QED) is 0.545. The Morgan fingerprint density at radius 1 is 1.50 bits per heavy atom. The molecular formula is C9H14FNO. The summed E-state index contributed by atoms with van der Waals surface area (Å²) in [5.41, 5.74) is 0. The summed E-state index contributed by atoms with van der Waals surface area (Å²) in [7, 11) is 1.94. The number of piperidine rings is 2. The predicted octanol–water partition coefficient (Wildman–Crippen LogP) is 1.15. The molecule has 0 aromatic heterocycles. The van der Waals surface area contributed by atoms with Gasteiger partial charge in [-0.2, -0.15) is 0 Å². The van der Waals surface area contributed by atoms with Crippen LogP contribution in [0.1, 0.15) is 25.7 Å². The van der Waals surface area contributed by atoms with E-state index in [-0.39, 0.29) is 11.8 Å². The molecule has 2 aliphatic heterocycles. The van der Waals surface area contributed by atoms with Crippen molar-refractivity contribution in [1.29, 1.82) is 0 Å². The fourth-order valence-electron chi connectivity index (χ4n) is 2.40. The van der Waals surface area contributed by atoms with E-state index < -0.39 is 6.17 Å². The van der Waals surface area contributed by atoms with Gasteiger partial charge in [-0.15, -0.1) is 0 Å². The second-order valence-electron chi connectivity index (χ2n) is 3.89. The van der Waals surface area contributed by atoms with Crippen molar-refractivity contribution in [1.82, 2.24) is 4.90 Å². The Labute approximate surface area is 71.7 Å². The highest BCUT2D eigenvalue weighted by molar-refractivity contribution is 5.85. The fourth-order valence-corrected chi connectivity index (χ4v) is 2.40. The van der Waals surface area contributed by atoms with Crippen LogP contribution in [-0.2, 0) is 4.79 Å². The van der Waals surface area contributed by atoms with E-state index in [4.69, 9.17) is 0 Å². The third-order valence-corrected chi connectivity index (χ3v) is 3.22. The second-order valence-corrected chi connectivity index (χ2v) is 3.89. The zero-order valence-corrected chi connectivity index (χ0v) is 7.29. The SMILES string of the molecule is CN1C2CCCC1C(F)C(=O)C2. The van der Waals surface area contributed by atoms with Crippen molar-refractivity contribution in [3.05, 3.63) is 0 Å². The van der Waals surface area contributed by atoms with E-state index in [2.05, 4.69) is 4.90 Å². The molecule has 3 unspecified atom stereocenters. The summed E-state index contributed by atoms with van der Waals surface area (Å²) >= 11 is 0. The Balaban J connectivity index is 2.19. The van der Waals surface area contributed by atoms with Gasteiger partial charge in [0.05, 0.1) is 0 Å². The van der Waals surface area contributed by atoms with Crippen LogP contribution in [0.3, 0.4) is 0 Å². The van der Waals surface area contributed by atoms with Gasteiger partial charge in [-0.25, -0.2) is 4.39 Å². The van der Waals surface area contributed by atoms with E-state index in [0.29, 0.717) is 12.5 Å². The number of hydrogen-bond acceptors (Lipinski definition) is 2. The van der Waals surface area contributed by atoms with Crippen molar-refractivity contribution < 1.29 is 9.18 Å². The van der Waals surface area contributed by atoms with Gasteiger partial charge in [0.15, 0.2) is 12.0 Å². The lowest BCUT2D eigenvalue weighted by atomic mass is 9.83. The first kappa shape index (κ1) is 8.17. The van der Waals surface area contributed by atoms with Crippen LogP contribution in [0, 0.1) is 0 Å². The van der Waals surface area contributed by atoms with E-state index in [9.17, 15) is 9.18 Å². The first-order valence-corrected chi connectivity index (χ1v) is 4.59. The second kappa shape index (κ2) is 2.80. The normalized spacial score (nSPS) is 43.2. The van der Waals surface area contributed by atoms with Crippen LogP contribution in [0.15, 0.2) is 0 Å². The number of alkyl halides is 1. The van der Waals surface area contributed by atoms with Crippen LogP contribution in [0.25, 0.3) is 0 Å². The summed E-state index contributed by atoms with van der Waals surface area (Å²) in [6, 6.07) is 0.202. The monoisotopic (exact) mass is 171 g/mol. The Morgan fingerprint density at radius 3 is 3.00 bits per heavy atom. The molecule has 2 fully saturated rings. The molecule has 0 aromatic rings. The maximum absolute atomic E-state index is 13.3. The number of hydrogen-bond donors (Lipinski definition) is 0. The van der Waals surface area contributed by atoms with Crippen molar-refractivity contribution in [2.45, 2.75) is 43.9 Å². The van der Waals surface area contributed by atoms with Crippen molar-refractivity contribution in [2.24, 2.45) is 0 Å². The first-order chi connectivity index (χ1) is 5.70. The predicted molar refractivity (Wildman–Crippen MR) is 43.7 cm³/mol. The molecule has 0 N–H and O–H groups in total. The molecule has 0 aliphatic carbocycles. The standard InChI is InChI=1S/C9H14FNO/c1-11-6-3-2-4-7(11)9(10)8(12)5-6/h6-7,9H,2-5H2,1H3. The maximum atomic E-state index is 13.3. The summed E-state index contributed by atoms with van der Waals surface area (Å²) in [5.74, 6) is -0.178. The molecule has 2 rings (SSSR count). The number of ketones is 1. The average Bonchev–Trinajstić information content (AvgIpc) is 2.04. The molecule has 0 spiro atoms. The van der Waals surface area contributed by atoms with E-state index in [1.54, 1.807) is 0 Å². The van der Waals surface area contributed by atoms with E-state index >= 15 is 0 Å². The minimum absolute atomic E-state index is 0.120. The molecule has 0 radical (unpaired) electrons. The van der Waals surface area contributed by atoms with Crippen molar-refractivity contribution in [3.63, 3.8) is 0 Å². The van der Waals surface area contributed by atoms with Crippen LogP contribution in [-0.4, -0.2) is 36.0 Å². The van der Waals surface area contributed by atoms with E-state index in [1.165, 1.54) is 0 Å². The summed E-state index contributed by atoms with van der Waals surface area (Å²) < 4.78 is 13.3. The number of Topliss-reactive ketones (excluding diaryl/α,β-unsaturated/α-hetero) is 1. The molecule has 0 saturated carbocycles. The minimum Gasteiger partial charge on any atom is -0.297 e. The maximum Gasteiger partial charge on any atom is 0.173 e. The number of halogens is 1. The van der Waals surface area contributed by atoms with E-state index in [0.717, 1.165) is 19.3 Å². The third-order valence-electron chi connectivity index (χ3n) is 3.22. The summed E-state index contributed by atoms with van der Waals surface area (Å²) in [5, 5.41) is 0. The first-order valence-electron chi connectivity index (χ1n) is 4.59. The lowest BCUT2D eigenvalue weighted by Gasteiger charge is -2.44. The van der Waals surface area contributed by atoms with Crippen LogP contribution in [0.2, 0.25) is 0 Å². The zero-order chi connectivity index (χ0) is 8.72. The zero-order valence-electron chi connectivity index (χ0n) is 7.29. The highest BCUT2D eigenvalue weighted by atomic mass is 19.1. The Morgan fingerprint density at radius 2 is 2.25 bits per heavy atom. The van der Waals surface area contributed by atoms with Gasteiger partial charge in [-0.1, -0.05) is 6.42 Å². The minimum atomic E-state index is -1.22. The highest BCUT2D eigenvalue weighted by Gasteiger charge is 2.42. The summed E-state index contributed by atoms with van der Waals surface area (Å²) in [6.45, 7) is 0. The van der Waals surface area contributed by atoms with Gasteiger partial charge in [-0.05, 0) is 19.9 Å². The topological polar surface area (TPSA) is 20.3 Å². The van der Waals surface area contributed by atoms with E-state index in [1.807, 2.05) is 7.05 Å². The van der Waals surface area contributed by atoms with Gasteiger partial charge in [-0.3, -0.25) is 9.69 Å². The van der Waals surface area contributed by atoms with Crippen LogP contribution in [0.5, 0.6) is 0 Å². The van der Waals surface area contributed by atoms with Gasteiger partial charge in [0.2, 0.25) is 0 Å². The van der Waals surface area contributed by atoms with Crippen LogP contribution < -0.4 is 0 Å². The van der Waals surface area contributed by atoms with Crippen molar-refractivity contribution in [3.8, 4) is 0 Å². The molecular weight excluding hydrogens is 157 g/mol. The molecule has 68 valence electrons. The number of rotatable bonds is 0. The van der Waals surface area contributed by atoms with Crippen LogP contribution >= 0.6 is 0 Å². The van der Waals surface area contributed by atoms with Crippen LogP contribution in [0.4, 0.5) is 4.39 Å². The number of nitrogens with zero attached hydrogens (tertiary/aromatic N) is 1. The lowest BCUT2D eigenvalue weighted by molar-refractivity contribution is -0.134.